The van der Waals surface area contributed by atoms with Crippen molar-refractivity contribution in [2.45, 2.75) is 26.2 Å². The minimum absolute atomic E-state index is 0.180. The molecule has 94 valence electrons. The van der Waals surface area contributed by atoms with E-state index in [-0.39, 0.29) is 6.42 Å². The fourth-order valence-electron chi connectivity index (χ4n) is 1.80. The molecule has 0 atom stereocenters. The predicted molar refractivity (Wildman–Crippen MR) is 66.7 cm³/mol. The first-order chi connectivity index (χ1) is 8.66. The Morgan fingerprint density at radius 1 is 1.39 bits per heavy atom. The summed E-state index contributed by atoms with van der Waals surface area (Å²) in [5, 5.41) is 17.1. The van der Waals surface area contributed by atoms with Crippen molar-refractivity contribution in [1.29, 1.82) is 0 Å². The molecule has 0 aliphatic heterocycles. The third kappa shape index (κ3) is 2.94. The first-order valence-electron chi connectivity index (χ1n) is 5.86. The molecule has 0 saturated heterocycles. The quantitative estimate of drug-likeness (QED) is 0.874. The number of hydrogen-bond acceptors (Lipinski definition) is 3. The van der Waals surface area contributed by atoms with Gasteiger partial charge in [0.2, 0.25) is 0 Å². The summed E-state index contributed by atoms with van der Waals surface area (Å²) < 4.78 is 0. The minimum Gasteiger partial charge on any atom is -0.481 e. The van der Waals surface area contributed by atoms with E-state index in [0.29, 0.717) is 12.8 Å². The molecule has 5 nitrogen and oxygen atoms in total. The van der Waals surface area contributed by atoms with E-state index in [9.17, 15) is 4.79 Å². The van der Waals surface area contributed by atoms with Gasteiger partial charge in [0.15, 0.2) is 0 Å². The Hall–Kier alpha value is -2.17. The average Bonchev–Trinajstić information content (AvgIpc) is 2.76. The maximum absolute atomic E-state index is 10.5. The molecule has 1 aromatic heterocycles. The largest absolute Gasteiger partial charge is 0.481 e. The van der Waals surface area contributed by atoms with Gasteiger partial charge in [-0.3, -0.25) is 4.79 Å². The fourth-order valence-corrected chi connectivity index (χ4v) is 1.80. The number of nitrogens with zero attached hydrogens (tertiary/aromatic N) is 3. The van der Waals surface area contributed by atoms with Crippen LogP contribution < -0.4 is 0 Å². The van der Waals surface area contributed by atoms with Crippen LogP contribution in [0.5, 0.6) is 0 Å². The topological polar surface area (TPSA) is 68.0 Å². The van der Waals surface area contributed by atoms with E-state index < -0.39 is 5.97 Å². The van der Waals surface area contributed by atoms with Crippen molar-refractivity contribution in [2.75, 3.05) is 0 Å². The second-order valence-electron chi connectivity index (χ2n) is 4.15. The van der Waals surface area contributed by atoms with Gasteiger partial charge in [0.05, 0.1) is 17.6 Å². The normalized spacial score (nSPS) is 10.5. The highest BCUT2D eigenvalue weighted by atomic mass is 16.4. The van der Waals surface area contributed by atoms with Crippen LogP contribution in [0.15, 0.2) is 30.5 Å². The number of carboxylic acid groups (broad SMARTS) is 1. The minimum atomic E-state index is -0.763. The smallest absolute Gasteiger partial charge is 0.303 e. The van der Waals surface area contributed by atoms with Crippen LogP contribution in [0.3, 0.4) is 0 Å². The zero-order valence-corrected chi connectivity index (χ0v) is 10.2. The number of para-hydroxylation sites is 1. The molecule has 0 aliphatic rings. The van der Waals surface area contributed by atoms with Gasteiger partial charge in [-0.15, -0.1) is 0 Å². The molecule has 0 bridgehead atoms. The first kappa shape index (κ1) is 12.3. The molecule has 18 heavy (non-hydrogen) atoms. The lowest BCUT2D eigenvalue weighted by atomic mass is 10.1. The molecule has 1 N–H and O–H groups in total. The number of benzene rings is 1. The summed E-state index contributed by atoms with van der Waals surface area (Å²) in [7, 11) is 0. The fraction of sp³-hybridized carbons (Fsp3) is 0.308. The highest BCUT2D eigenvalue weighted by molar-refractivity contribution is 5.66. The van der Waals surface area contributed by atoms with Gasteiger partial charge in [0.25, 0.3) is 0 Å². The Labute approximate surface area is 105 Å². The predicted octanol–water partition coefficient (Wildman–Crippen LogP) is 1.98. The molecule has 0 spiro atoms. The molecule has 1 aromatic carbocycles. The lowest BCUT2D eigenvalue weighted by Gasteiger charge is -2.07. The van der Waals surface area contributed by atoms with Gasteiger partial charge in [0, 0.05) is 6.42 Å². The number of aliphatic carboxylic acids is 1. The Morgan fingerprint density at radius 3 is 2.83 bits per heavy atom. The second-order valence-corrected chi connectivity index (χ2v) is 4.15. The van der Waals surface area contributed by atoms with E-state index in [2.05, 4.69) is 10.2 Å². The standard InChI is InChI=1S/C13H15N3O2/c1-10-9-14-16(15-10)12-7-3-2-5-11(12)6-4-8-13(17)18/h2-3,5,7,9H,4,6,8H2,1H3,(H,17,18). The van der Waals surface area contributed by atoms with Crippen LogP contribution in [-0.4, -0.2) is 26.1 Å². The van der Waals surface area contributed by atoms with Crippen molar-refractivity contribution in [1.82, 2.24) is 15.0 Å². The summed E-state index contributed by atoms with van der Waals surface area (Å²) in [6, 6.07) is 7.79. The van der Waals surface area contributed by atoms with Crippen molar-refractivity contribution in [2.24, 2.45) is 0 Å². The third-order valence-corrected chi connectivity index (χ3v) is 2.65. The van der Waals surface area contributed by atoms with E-state index in [1.54, 1.807) is 11.0 Å². The third-order valence-electron chi connectivity index (χ3n) is 2.65. The van der Waals surface area contributed by atoms with Crippen LogP contribution in [0.1, 0.15) is 24.1 Å². The summed E-state index contributed by atoms with van der Waals surface area (Å²) in [6.07, 6.45) is 3.21. The second kappa shape index (κ2) is 5.44. The Morgan fingerprint density at radius 2 is 2.17 bits per heavy atom. The Balaban J connectivity index is 2.18. The molecule has 2 aromatic rings. The number of carbonyl (C=O) groups is 1. The van der Waals surface area contributed by atoms with Crippen LogP contribution in [-0.2, 0) is 11.2 Å². The zero-order chi connectivity index (χ0) is 13.0. The van der Waals surface area contributed by atoms with Crippen molar-refractivity contribution >= 4 is 5.97 Å². The summed E-state index contributed by atoms with van der Waals surface area (Å²) in [5.74, 6) is -0.763. The molecule has 0 amide bonds. The highest BCUT2D eigenvalue weighted by Crippen LogP contribution is 2.15. The lowest BCUT2D eigenvalue weighted by Crippen LogP contribution is -2.04. The van der Waals surface area contributed by atoms with E-state index in [1.165, 1.54) is 0 Å². The van der Waals surface area contributed by atoms with E-state index >= 15 is 0 Å². The molecule has 0 fully saturated rings. The number of rotatable bonds is 5. The van der Waals surface area contributed by atoms with Gasteiger partial charge < -0.3 is 5.11 Å². The number of aromatic nitrogens is 3. The first-order valence-corrected chi connectivity index (χ1v) is 5.86. The van der Waals surface area contributed by atoms with Gasteiger partial charge >= 0.3 is 5.97 Å². The summed E-state index contributed by atoms with van der Waals surface area (Å²) in [4.78, 5) is 12.1. The number of hydrogen-bond donors (Lipinski definition) is 1. The van der Waals surface area contributed by atoms with Crippen LogP contribution in [0.4, 0.5) is 0 Å². The van der Waals surface area contributed by atoms with E-state index in [1.807, 2.05) is 31.2 Å². The molecule has 1 heterocycles. The molecular weight excluding hydrogens is 230 g/mol. The van der Waals surface area contributed by atoms with Gasteiger partial charge in [-0.05, 0) is 31.4 Å². The zero-order valence-electron chi connectivity index (χ0n) is 10.2. The molecule has 5 heteroatoms. The summed E-state index contributed by atoms with van der Waals surface area (Å²) >= 11 is 0. The van der Waals surface area contributed by atoms with Crippen LogP contribution in [0.25, 0.3) is 5.69 Å². The number of aryl methyl sites for hydroxylation is 2. The van der Waals surface area contributed by atoms with Crippen molar-refractivity contribution in [3.05, 3.63) is 41.7 Å². The monoisotopic (exact) mass is 245 g/mol. The van der Waals surface area contributed by atoms with Crippen molar-refractivity contribution < 1.29 is 9.90 Å². The highest BCUT2D eigenvalue weighted by Gasteiger charge is 2.07. The summed E-state index contributed by atoms with van der Waals surface area (Å²) in [5.41, 5.74) is 2.83. The van der Waals surface area contributed by atoms with Crippen LogP contribution in [0, 0.1) is 6.92 Å². The van der Waals surface area contributed by atoms with E-state index in [4.69, 9.17) is 5.11 Å². The van der Waals surface area contributed by atoms with Gasteiger partial charge in [-0.2, -0.15) is 15.0 Å². The lowest BCUT2D eigenvalue weighted by molar-refractivity contribution is -0.137. The van der Waals surface area contributed by atoms with Crippen molar-refractivity contribution in [3.8, 4) is 5.69 Å². The SMILES string of the molecule is Cc1cnn(-c2ccccc2CCCC(=O)O)n1. The Bertz CT molecular complexity index is 549. The summed E-state index contributed by atoms with van der Waals surface area (Å²) in [6.45, 7) is 1.89. The molecule has 0 radical (unpaired) electrons. The van der Waals surface area contributed by atoms with E-state index in [0.717, 1.165) is 16.9 Å². The maximum Gasteiger partial charge on any atom is 0.303 e. The van der Waals surface area contributed by atoms with Gasteiger partial charge in [-0.25, -0.2) is 0 Å². The molecule has 0 unspecified atom stereocenters. The number of carboxylic acids is 1. The van der Waals surface area contributed by atoms with Crippen LogP contribution in [0.2, 0.25) is 0 Å². The van der Waals surface area contributed by atoms with Gasteiger partial charge in [-0.1, -0.05) is 18.2 Å². The molecule has 0 saturated carbocycles. The average molecular weight is 245 g/mol. The molecule has 0 aliphatic carbocycles. The van der Waals surface area contributed by atoms with Crippen molar-refractivity contribution in [3.63, 3.8) is 0 Å². The maximum atomic E-state index is 10.5. The van der Waals surface area contributed by atoms with Crippen LogP contribution >= 0.6 is 0 Å². The molecule has 2 rings (SSSR count). The Kier molecular flexibility index (Phi) is 3.72. The molecular formula is C13H15N3O2. The van der Waals surface area contributed by atoms with Gasteiger partial charge in [0.1, 0.15) is 0 Å².